The lowest BCUT2D eigenvalue weighted by atomic mass is 9.98. The van der Waals surface area contributed by atoms with Gasteiger partial charge < -0.3 is 9.67 Å². The summed E-state index contributed by atoms with van der Waals surface area (Å²) in [6.07, 6.45) is 1.29. The van der Waals surface area contributed by atoms with Crippen LogP contribution in [-0.2, 0) is 17.8 Å². The number of nitrogens with zero attached hydrogens (tertiary/aromatic N) is 2. The summed E-state index contributed by atoms with van der Waals surface area (Å²) in [6, 6.07) is 0. The van der Waals surface area contributed by atoms with Gasteiger partial charge in [-0.25, -0.2) is 4.98 Å². The van der Waals surface area contributed by atoms with Crippen LogP contribution in [-0.4, -0.2) is 20.6 Å². The van der Waals surface area contributed by atoms with Crippen molar-refractivity contribution in [2.75, 3.05) is 0 Å². The third-order valence-electron chi connectivity index (χ3n) is 3.02. The van der Waals surface area contributed by atoms with Crippen LogP contribution in [0.1, 0.15) is 23.6 Å². The lowest BCUT2D eigenvalue weighted by Crippen LogP contribution is -2.26. The number of carbonyl (C=O) groups is 1. The molecule has 1 aliphatic heterocycles. The van der Waals surface area contributed by atoms with Gasteiger partial charge in [-0.2, -0.15) is 0 Å². The molecule has 1 aromatic heterocycles. The quantitative estimate of drug-likeness (QED) is 0.729. The highest BCUT2D eigenvalue weighted by Gasteiger charge is 2.26. The first-order valence-corrected chi connectivity index (χ1v) is 4.85. The first kappa shape index (κ1) is 9.24. The summed E-state index contributed by atoms with van der Waals surface area (Å²) in [6.45, 7) is 4.79. The third-order valence-corrected chi connectivity index (χ3v) is 3.02. The molecular weight excluding hydrogens is 180 g/mol. The first-order valence-electron chi connectivity index (χ1n) is 4.85. The van der Waals surface area contributed by atoms with Gasteiger partial charge in [0.15, 0.2) is 0 Å². The van der Waals surface area contributed by atoms with Crippen molar-refractivity contribution in [1.82, 2.24) is 9.55 Å². The fraction of sp³-hybridized carbons (Fsp3) is 0.600. The maximum atomic E-state index is 10.8. The van der Waals surface area contributed by atoms with Crippen LogP contribution < -0.4 is 0 Å². The van der Waals surface area contributed by atoms with Gasteiger partial charge in [0.25, 0.3) is 0 Å². The topological polar surface area (TPSA) is 55.1 Å². The van der Waals surface area contributed by atoms with Crippen molar-refractivity contribution in [3.8, 4) is 0 Å². The van der Waals surface area contributed by atoms with E-state index in [-0.39, 0.29) is 5.92 Å². The van der Waals surface area contributed by atoms with Gasteiger partial charge in [0.05, 0.1) is 11.6 Å². The zero-order valence-corrected chi connectivity index (χ0v) is 8.45. The van der Waals surface area contributed by atoms with Crippen LogP contribution >= 0.6 is 0 Å². The van der Waals surface area contributed by atoms with E-state index in [4.69, 9.17) is 5.11 Å². The zero-order chi connectivity index (χ0) is 10.3. The number of rotatable bonds is 1. The van der Waals surface area contributed by atoms with Crippen molar-refractivity contribution in [2.45, 2.75) is 33.2 Å². The molecule has 76 valence electrons. The summed E-state index contributed by atoms with van der Waals surface area (Å²) in [7, 11) is 0. The molecule has 2 rings (SSSR count). The highest BCUT2D eigenvalue weighted by atomic mass is 16.4. The van der Waals surface area contributed by atoms with Gasteiger partial charge in [0.1, 0.15) is 5.82 Å². The highest BCUT2D eigenvalue weighted by molar-refractivity contribution is 5.70. The molecular formula is C10H14N2O2. The van der Waals surface area contributed by atoms with Gasteiger partial charge in [-0.3, -0.25) is 4.79 Å². The molecule has 0 amide bonds. The van der Waals surface area contributed by atoms with Crippen molar-refractivity contribution in [3.63, 3.8) is 0 Å². The molecule has 1 aliphatic rings. The highest BCUT2D eigenvalue weighted by Crippen LogP contribution is 2.22. The molecule has 1 atom stereocenters. The molecule has 0 bridgehead atoms. The Morgan fingerprint density at radius 2 is 2.29 bits per heavy atom. The monoisotopic (exact) mass is 194 g/mol. The van der Waals surface area contributed by atoms with E-state index in [1.165, 1.54) is 5.69 Å². The van der Waals surface area contributed by atoms with Gasteiger partial charge in [0, 0.05) is 18.7 Å². The summed E-state index contributed by atoms with van der Waals surface area (Å²) in [4.78, 5) is 15.2. The van der Waals surface area contributed by atoms with Gasteiger partial charge in [-0.15, -0.1) is 0 Å². The van der Waals surface area contributed by atoms with Gasteiger partial charge >= 0.3 is 5.97 Å². The molecule has 0 radical (unpaired) electrons. The number of hydrogen-bond donors (Lipinski definition) is 1. The van der Waals surface area contributed by atoms with Crippen LogP contribution in [0.15, 0.2) is 0 Å². The molecule has 1 unspecified atom stereocenters. The Labute approximate surface area is 82.6 Å². The minimum atomic E-state index is -0.699. The molecule has 4 nitrogen and oxygen atoms in total. The second-order valence-electron chi connectivity index (χ2n) is 3.88. The Kier molecular flexibility index (Phi) is 2.06. The molecule has 0 fully saturated rings. The van der Waals surface area contributed by atoms with Crippen molar-refractivity contribution in [1.29, 1.82) is 0 Å². The minimum Gasteiger partial charge on any atom is -0.481 e. The molecule has 4 heteroatoms. The molecule has 14 heavy (non-hydrogen) atoms. The van der Waals surface area contributed by atoms with Crippen LogP contribution in [0.25, 0.3) is 0 Å². The smallest absolute Gasteiger partial charge is 0.307 e. The number of aromatic nitrogens is 2. The van der Waals surface area contributed by atoms with Crippen molar-refractivity contribution in [2.24, 2.45) is 5.92 Å². The van der Waals surface area contributed by atoms with E-state index in [9.17, 15) is 4.79 Å². The number of hydrogen-bond acceptors (Lipinski definition) is 2. The fourth-order valence-electron chi connectivity index (χ4n) is 1.99. The van der Waals surface area contributed by atoms with Crippen LogP contribution in [0.2, 0.25) is 0 Å². The van der Waals surface area contributed by atoms with Crippen LogP contribution in [0.4, 0.5) is 0 Å². The largest absolute Gasteiger partial charge is 0.481 e. The lowest BCUT2D eigenvalue weighted by molar-refractivity contribution is -0.142. The predicted octanol–water partition coefficient (Wildman–Crippen LogP) is 1.15. The Bertz CT molecular complexity index is 382. The predicted molar refractivity (Wildman–Crippen MR) is 51.1 cm³/mol. The van der Waals surface area contributed by atoms with E-state index >= 15 is 0 Å². The van der Waals surface area contributed by atoms with E-state index in [0.717, 1.165) is 24.5 Å². The Hall–Kier alpha value is -1.32. The SMILES string of the molecule is Cc1nc2n(c1C)CCC(C(=O)O)C2. The Morgan fingerprint density at radius 1 is 1.57 bits per heavy atom. The number of imidazole rings is 1. The number of carboxylic acids is 1. The fourth-order valence-corrected chi connectivity index (χ4v) is 1.99. The van der Waals surface area contributed by atoms with Gasteiger partial charge in [0.2, 0.25) is 0 Å². The van der Waals surface area contributed by atoms with E-state index in [2.05, 4.69) is 9.55 Å². The second kappa shape index (κ2) is 3.12. The molecule has 2 heterocycles. The van der Waals surface area contributed by atoms with E-state index in [0.29, 0.717) is 6.42 Å². The van der Waals surface area contributed by atoms with Crippen LogP contribution in [0.5, 0.6) is 0 Å². The third kappa shape index (κ3) is 1.31. The van der Waals surface area contributed by atoms with E-state index in [1.807, 2.05) is 13.8 Å². The average Bonchev–Trinajstić information content (AvgIpc) is 2.42. The number of aliphatic carboxylic acids is 1. The summed E-state index contributed by atoms with van der Waals surface area (Å²) in [5.74, 6) is -0.0168. The summed E-state index contributed by atoms with van der Waals surface area (Å²) < 4.78 is 2.13. The lowest BCUT2D eigenvalue weighted by Gasteiger charge is -2.20. The Balaban J connectivity index is 2.31. The molecule has 1 N–H and O–H groups in total. The summed E-state index contributed by atoms with van der Waals surface area (Å²) in [5.41, 5.74) is 2.19. The maximum Gasteiger partial charge on any atom is 0.307 e. The molecule has 1 aromatic rings. The van der Waals surface area contributed by atoms with Crippen molar-refractivity contribution < 1.29 is 9.90 Å². The number of aryl methyl sites for hydroxylation is 1. The molecule has 0 spiro atoms. The molecule has 0 aromatic carbocycles. The zero-order valence-electron chi connectivity index (χ0n) is 8.45. The average molecular weight is 194 g/mol. The number of fused-ring (bicyclic) bond motifs is 1. The van der Waals surface area contributed by atoms with E-state index in [1.54, 1.807) is 0 Å². The summed E-state index contributed by atoms with van der Waals surface area (Å²) in [5, 5.41) is 8.90. The Morgan fingerprint density at radius 3 is 2.93 bits per heavy atom. The van der Waals surface area contributed by atoms with Crippen molar-refractivity contribution >= 4 is 5.97 Å². The standard InChI is InChI=1S/C10H14N2O2/c1-6-7(2)12-4-3-8(10(13)14)5-9(12)11-6/h8H,3-5H2,1-2H3,(H,13,14). The maximum absolute atomic E-state index is 10.8. The van der Waals surface area contributed by atoms with Gasteiger partial charge in [-0.05, 0) is 20.3 Å². The van der Waals surface area contributed by atoms with Gasteiger partial charge in [-0.1, -0.05) is 0 Å². The number of carboxylic acid groups (broad SMARTS) is 1. The summed E-state index contributed by atoms with van der Waals surface area (Å²) >= 11 is 0. The van der Waals surface area contributed by atoms with Crippen LogP contribution in [0.3, 0.4) is 0 Å². The minimum absolute atomic E-state index is 0.247. The molecule has 0 aliphatic carbocycles. The van der Waals surface area contributed by atoms with Crippen molar-refractivity contribution in [3.05, 3.63) is 17.2 Å². The molecule has 0 saturated heterocycles. The van der Waals surface area contributed by atoms with Crippen LogP contribution in [0, 0.1) is 19.8 Å². The first-order chi connectivity index (χ1) is 6.59. The normalized spacial score (nSPS) is 20.6. The second-order valence-corrected chi connectivity index (χ2v) is 3.88. The molecule has 0 saturated carbocycles. The van der Waals surface area contributed by atoms with E-state index < -0.39 is 5.97 Å².